The molecule has 3 N–H and O–H groups in total. The van der Waals surface area contributed by atoms with E-state index in [0.29, 0.717) is 29.0 Å². The Bertz CT molecular complexity index is 1030. The molecule has 0 bridgehead atoms. The van der Waals surface area contributed by atoms with Crippen LogP contribution in [0.5, 0.6) is 5.75 Å². The number of hydrogen-bond acceptors (Lipinski definition) is 7. The van der Waals surface area contributed by atoms with Crippen molar-refractivity contribution in [2.75, 3.05) is 6.61 Å². The predicted octanol–water partition coefficient (Wildman–Crippen LogP) is 2.86. The van der Waals surface area contributed by atoms with Crippen molar-refractivity contribution >= 4 is 46.7 Å². The quantitative estimate of drug-likeness (QED) is 0.192. The Balaban J connectivity index is 1.81. The van der Waals surface area contributed by atoms with Gasteiger partial charge < -0.3 is 20.3 Å². The van der Waals surface area contributed by atoms with E-state index in [1.54, 1.807) is 48.5 Å². The minimum absolute atomic E-state index is 0.0246. The first-order chi connectivity index (χ1) is 15.3. The maximum atomic E-state index is 12.5. The summed E-state index contributed by atoms with van der Waals surface area (Å²) in [4.78, 5) is 49.7. The molecule has 2 aromatic rings. The van der Waals surface area contributed by atoms with Crippen LogP contribution in [0.25, 0.3) is 0 Å². The first kappa shape index (κ1) is 24.4. The number of carbonyl (C=O) groups excluding carboxylic acids is 2. The van der Waals surface area contributed by atoms with Crippen molar-refractivity contribution in [2.24, 2.45) is 4.99 Å². The molecule has 0 spiro atoms. The van der Waals surface area contributed by atoms with Crippen LogP contribution in [0, 0.1) is 0 Å². The zero-order valence-electron chi connectivity index (χ0n) is 16.8. The maximum absolute atomic E-state index is 12.5. The van der Waals surface area contributed by atoms with Gasteiger partial charge in [-0.2, -0.15) is 4.99 Å². The highest BCUT2D eigenvalue weighted by Crippen LogP contribution is 2.18. The third kappa shape index (κ3) is 7.75. The average molecular weight is 456 g/mol. The molecule has 0 aliphatic heterocycles. The number of hydrogen-bond donors (Lipinski definition) is 3. The fourth-order valence-electron chi connectivity index (χ4n) is 2.67. The van der Waals surface area contributed by atoms with Crippen molar-refractivity contribution < 1.29 is 34.1 Å². The highest BCUT2D eigenvalue weighted by Gasteiger charge is 2.22. The number of carboxylic acid groups (broad SMARTS) is 2. The number of benzene rings is 2. The summed E-state index contributed by atoms with van der Waals surface area (Å²) in [5.74, 6) is -2.97. The summed E-state index contributed by atoms with van der Waals surface area (Å²) in [6.45, 7) is 0.180. The Morgan fingerprint density at radius 2 is 1.59 bits per heavy atom. The van der Waals surface area contributed by atoms with Crippen molar-refractivity contribution in [3.05, 3.63) is 59.7 Å². The van der Waals surface area contributed by atoms with Gasteiger partial charge >= 0.3 is 11.9 Å². The van der Waals surface area contributed by atoms with E-state index in [1.165, 1.54) is 0 Å². The van der Waals surface area contributed by atoms with Crippen LogP contribution in [0.4, 0.5) is 5.69 Å². The van der Waals surface area contributed by atoms with E-state index in [0.717, 1.165) is 0 Å². The number of aliphatic carboxylic acids is 2. The van der Waals surface area contributed by atoms with Gasteiger partial charge in [0.05, 0.1) is 23.9 Å². The summed E-state index contributed by atoms with van der Waals surface area (Å²) in [6, 6.07) is 11.7. The molecule has 2 rings (SSSR count). The lowest BCUT2D eigenvalue weighted by Gasteiger charge is -2.12. The zero-order chi connectivity index (χ0) is 23.5. The van der Waals surface area contributed by atoms with Gasteiger partial charge in [-0.1, -0.05) is 0 Å². The highest BCUT2D eigenvalue weighted by molar-refractivity contribution is 7.78. The molecule has 0 fully saturated rings. The van der Waals surface area contributed by atoms with Crippen LogP contribution < -0.4 is 10.1 Å². The van der Waals surface area contributed by atoms with Gasteiger partial charge in [-0.15, -0.1) is 0 Å². The molecule has 1 unspecified atom stereocenters. The van der Waals surface area contributed by atoms with Gasteiger partial charge in [0, 0.05) is 17.5 Å². The lowest BCUT2D eigenvalue weighted by molar-refractivity contribution is -0.147. The number of rotatable bonds is 12. The van der Waals surface area contributed by atoms with E-state index in [2.05, 4.69) is 27.7 Å². The minimum atomic E-state index is -1.48. The second kappa shape index (κ2) is 12.1. The van der Waals surface area contributed by atoms with Crippen LogP contribution in [-0.4, -0.2) is 51.7 Å². The molecule has 10 heteroatoms. The number of isothiocyanates is 1. The van der Waals surface area contributed by atoms with E-state index in [1.807, 2.05) is 0 Å². The number of nitrogens with one attached hydrogen (secondary N) is 1. The number of aliphatic imine (C=N–C) groups is 1. The first-order valence-corrected chi connectivity index (χ1v) is 9.90. The number of ether oxygens (including phenoxy) is 1. The van der Waals surface area contributed by atoms with Crippen molar-refractivity contribution in [1.82, 2.24) is 5.32 Å². The molecule has 0 aliphatic carbocycles. The standard InChI is InChI=1S/C22H20N2O7S/c25-19(24-18(22(29)30)12-20(26)27)2-1-11-31-17-9-5-15(6-10-17)21(28)14-3-7-16(8-4-14)23-13-32/h3-10,18H,1-2,11-12H2,(H,24,25)(H,26,27)(H,29,30). The Labute approximate surface area is 188 Å². The largest absolute Gasteiger partial charge is 0.494 e. The lowest BCUT2D eigenvalue weighted by atomic mass is 10.0. The fourth-order valence-corrected chi connectivity index (χ4v) is 2.78. The molecule has 32 heavy (non-hydrogen) atoms. The zero-order valence-corrected chi connectivity index (χ0v) is 17.6. The minimum Gasteiger partial charge on any atom is -0.494 e. The van der Waals surface area contributed by atoms with E-state index in [9.17, 15) is 19.2 Å². The van der Waals surface area contributed by atoms with Gasteiger partial charge in [0.2, 0.25) is 5.91 Å². The third-order valence-corrected chi connectivity index (χ3v) is 4.34. The van der Waals surface area contributed by atoms with Gasteiger partial charge in [0.25, 0.3) is 0 Å². The van der Waals surface area contributed by atoms with Crippen molar-refractivity contribution in [2.45, 2.75) is 25.3 Å². The smallest absolute Gasteiger partial charge is 0.326 e. The fraction of sp³-hybridized carbons (Fsp3) is 0.227. The topological polar surface area (TPSA) is 142 Å². The van der Waals surface area contributed by atoms with Gasteiger partial charge in [-0.05, 0) is 67.2 Å². The summed E-state index contributed by atoms with van der Waals surface area (Å²) < 4.78 is 5.53. The second-order valence-corrected chi connectivity index (χ2v) is 6.79. The summed E-state index contributed by atoms with van der Waals surface area (Å²) in [7, 11) is 0. The predicted molar refractivity (Wildman–Crippen MR) is 118 cm³/mol. The monoisotopic (exact) mass is 456 g/mol. The Morgan fingerprint density at radius 3 is 2.12 bits per heavy atom. The van der Waals surface area contributed by atoms with Gasteiger partial charge in [-0.3, -0.25) is 14.4 Å². The van der Waals surface area contributed by atoms with E-state index in [-0.39, 0.29) is 18.8 Å². The second-order valence-electron chi connectivity index (χ2n) is 6.61. The van der Waals surface area contributed by atoms with Gasteiger partial charge in [0.1, 0.15) is 11.8 Å². The van der Waals surface area contributed by atoms with Crippen molar-refractivity contribution in [3.63, 3.8) is 0 Å². The van der Waals surface area contributed by atoms with Crippen LogP contribution in [0.1, 0.15) is 35.2 Å². The molecule has 1 amide bonds. The number of carboxylic acids is 2. The number of amides is 1. The summed E-state index contributed by atoms with van der Waals surface area (Å²) in [6.07, 6.45) is -0.431. The molecule has 0 aromatic heterocycles. The summed E-state index contributed by atoms with van der Waals surface area (Å²) >= 11 is 4.54. The molecule has 0 saturated heterocycles. The summed E-state index contributed by atoms with van der Waals surface area (Å²) in [5, 5.41) is 22.0. The van der Waals surface area contributed by atoms with E-state index in [4.69, 9.17) is 14.9 Å². The molecule has 0 heterocycles. The van der Waals surface area contributed by atoms with E-state index >= 15 is 0 Å². The number of carbonyl (C=O) groups is 4. The van der Waals surface area contributed by atoms with Crippen LogP contribution in [0.2, 0.25) is 0 Å². The van der Waals surface area contributed by atoms with Crippen LogP contribution in [-0.2, 0) is 14.4 Å². The van der Waals surface area contributed by atoms with Crippen LogP contribution >= 0.6 is 12.2 Å². The average Bonchev–Trinajstić information content (AvgIpc) is 2.76. The molecule has 0 aliphatic rings. The van der Waals surface area contributed by atoms with Crippen molar-refractivity contribution in [3.8, 4) is 5.75 Å². The Hall–Kier alpha value is -3.88. The SMILES string of the molecule is O=C(O)CC(NC(=O)CCCOc1ccc(C(=O)c2ccc(N=C=S)cc2)cc1)C(=O)O. The Kier molecular flexibility index (Phi) is 9.22. The summed E-state index contributed by atoms with van der Waals surface area (Å²) in [5.41, 5.74) is 1.57. The normalized spacial score (nSPS) is 11.0. The van der Waals surface area contributed by atoms with Crippen molar-refractivity contribution in [1.29, 1.82) is 0 Å². The molecule has 0 radical (unpaired) electrons. The van der Waals surface area contributed by atoms with E-state index < -0.39 is 30.3 Å². The van der Waals surface area contributed by atoms with Crippen LogP contribution in [0.15, 0.2) is 53.5 Å². The molecule has 166 valence electrons. The van der Waals surface area contributed by atoms with Crippen LogP contribution in [0.3, 0.4) is 0 Å². The molecular formula is C22H20N2O7S. The molecular weight excluding hydrogens is 436 g/mol. The highest BCUT2D eigenvalue weighted by atomic mass is 32.1. The van der Waals surface area contributed by atoms with Gasteiger partial charge in [-0.25, -0.2) is 4.79 Å². The Morgan fingerprint density at radius 1 is 1.00 bits per heavy atom. The molecule has 2 aromatic carbocycles. The third-order valence-electron chi connectivity index (χ3n) is 4.25. The molecule has 0 saturated carbocycles. The number of thiocarbonyl (C=S) groups is 1. The lowest BCUT2D eigenvalue weighted by Crippen LogP contribution is -2.42. The molecule has 9 nitrogen and oxygen atoms in total. The number of nitrogens with zero attached hydrogens (tertiary/aromatic N) is 1. The number of ketones is 1. The maximum Gasteiger partial charge on any atom is 0.326 e. The van der Waals surface area contributed by atoms with Gasteiger partial charge in [0.15, 0.2) is 5.78 Å². The first-order valence-electron chi connectivity index (χ1n) is 9.49. The molecule has 1 atom stereocenters.